The average Bonchev–Trinajstić information content (AvgIpc) is 2.45. The van der Waals surface area contributed by atoms with Crippen molar-refractivity contribution in [3.05, 3.63) is 53.3 Å². The molecule has 0 bridgehead atoms. The second kappa shape index (κ2) is 7.75. The SMILES string of the molecule is COc1c(Br)cc(C(=S)c2cc(Br)c(OC)c(Br)c2)cc1Br. The second-order valence-electron chi connectivity index (χ2n) is 4.28. The highest BCUT2D eigenvalue weighted by Crippen LogP contribution is 2.37. The van der Waals surface area contributed by atoms with Crippen LogP contribution in [0.2, 0.25) is 0 Å². The summed E-state index contributed by atoms with van der Waals surface area (Å²) in [5, 5.41) is 0. The maximum atomic E-state index is 5.62. The van der Waals surface area contributed by atoms with E-state index < -0.39 is 0 Å². The van der Waals surface area contributed by atoms with E-state index in [1.807, 2.05) is 24.3 Å². The fourth-order valence-corrected chi connectivity index (χ4v) is 5.19. The third-order valence-electron chi connectivity index (χ3n) is 2.93. The van der Waals surface area contributed by atoms with Crippen LogP contribution in [-0.2, 0) is 0 Å². The summed E-state index contributed by atoms with van der Waals surface area (Å²) in [6, 6.07) is 7.77. The molecule has 2 aromatic carbocycles. The van der Waals surface area contributed by atoms with E-state index >= 15 is 0 Å². The summed E-state index contributed by atoms with van der Waals surface area (Å²) in [6.45, 7) is 0. The molecule has 2 rings (SSSR count). The molecule has 0 aromatic heterocycles. The van der Waals surface area contributed by atoms with E-state index in [4.69, 9.17) is 21.7 Å². The van der Waals surface area contributed by atoms with Crippen LogP contribution < -0.4 is 9.47 Å². The summed E-state index contributed by atoms with van der Waals surface area (Å²) in [4.78, 5) is 0.730. The number of hydrogen-bond acceptors (Lipinski definition) is 3. The topological polar surface area (TPSA) is 18.5 Å². The van der Waals surface area contributed by atoms with E-state index in [1.54, 1.807) is 14.2 Å². The monoisotopic (exact) mass is 570 g/mol. The van der Waals surface area contributed by atoms with Gasteiger partial charge >= 0.3 is 0 Å². The number of thiocarbonyl (C=S) groups is 1. The van der Waals surface area contributed by atoms with Gasteiger partial charge in [0.1, 0.15) is 11.5 Å². The van der Waals surface area contributed by atoms with Gasteiger partial charge in [0, 0.05) is 0 Å². The molecule has 0 saturated carbocycles. The number of hydrogen-bond donors (Lipinski definition) is 0. The molecular formula is C15H10Br4O2S. The lowest BCUT2D eigenvalue weighted by atomic mass is 10.0. The van der Waals surface area contributed by atoms with Crippen LogP contribution in [0.5, 0.6) is 11.5 Å². The van der Waals surface area contributed by atoms with Gasteiger partial charge in [-0.2, -0.15) is 0 Å². The molecule has 0 aliphatic heterocycles. The van der Waals surface area contributed by atoms with E-state index in [0.717, 1.165) is 45.4 Å². The van der Waals surface area contributed by atoms with Crippen molar-refractivity contribution in [1.29, 1.82) is 0 Å². The fourth-order valence-electron chi connectivity index (χ4n) is 1.94. The van der Waals surface area contributed by atoms with Crippen molar-refractivity contribution in [2.75, 3.05) is 14.2 Å². The molecule has 22 heavy (non-hydrogen) atoms. The zero-order chi connectivity index (χ0) is 16.4. The molecule has 0 spiro atoms. The Morgan fingerprint density at radius 1 is 0.727 bits per heavy atom. The van der Waals surface area contributed by atoms with E-state index in [0.29, 0.717) is 0 Å². The van der Waals surface area contributed by atoms with Crippen molar-refractivity contribution >= 4 is 80.8 Å². The van der Waals surface area contributed by atoms with E-state index in [2.05, 4.69) is 63.7 Å². The molecule has 0 aliphatic rings. The molecule has 116 valence electrons. The predicted molar refractivity (Wildman–Crippen MR) is 108 cm³/mol. The van der Waals surface area contributed by atoms with Crippen LogP contribution in [-0.4, -0.2) is 19.1 Å². The Balaban J connectivity index is 2.49. The van der Waals surface area contributed by atoms with Crippen molar-refractivity contribution in [3.63, 3.8) is 0 Å². The molecule has 2 aromatic rings. The molecule has 2 nitrogen and oxygen atoms in total. The highest BCUT2D eigenvalue weighted by atomic mass is 79.9. The van der Waals surface area contributed by atoms with Gasteiger partial charge in [-0.3, -0.25) is 0 Å². The molecule has 0 atom stereocenters. The first-order valence-electron chi connectivity index (χ1n) is 5.99. The largest absolute Gasteiger partial charge is 0.494 e. The normalized spacial score (nSPS) is 10.5. The van der Waals surface area contributed by atoms with Crippen LogP contribution >= 0.6 is 75.9 Å². The average molecular weight is 574 g/mol. The molecule has 7 heteroatoms. The number of halogens is 4. The van der Waals surface area contributed by atoms with Gasteiger partial charge in [-0.1, -0.05) is 12.2 Å². The van der Waals surface area contributed by atoms with Gasteiger partial charge in [0.05, 0.1) is 37.0 Å². The molecular weight excluding hydrogens is 564 g/mol. The standard InChI is InChI=1S/C15H10Br4O2S/c1-20-13-9(16)3-7(4-10(13)17)15(22)8-5-11(18)14(21-2)12(19)6-8/h3-6H,1-2H3. The summed E-state index contributed by atoms with van der Waals surface area (Å²) in [7, 11) is 3.25. The van der Waals surface area contributed by atoms with Crippen LogP contribution in [0.3, 0.4) is 0 Å². The first-order valence-corrected chi connectivity index (χ1v) is 9.57. The Bertz CT molecular complexity index is 639. The molecule has 0 aliphatic carbocycles. The van der Waals surface area contributed by atoms with Crippen LogP contribution in [0.4, 0.5) is 0 Å². The maximum Gasteiger partial charge on any atom is 0.147 e. The summed E-state index contributed by atoms with van der Waals surface area (Å²) >= 11 is 19.6. The van der Waals surface area contributed by atoms with Crippen LogP contribution in [0.1, 0.15) is 11.1 Å². The van der Waals surface area contributed by atoms with E-state index in [1.165, 1.54) is 0 Å². The summed E-state index contributed by atoms with van der Waals surface area (Å²) in [6.07, 6.45) is 0. The van der Waals surface area contributed by atoms with Crippen LogP contribution in [0.15, 0.2) is 42.2 Å². The van der Waals surface area contributed by atoms with E-state index in [9.17, 15) is 0 Å². The Kier molecular flexibility index (Phi) is 6.48. The van der Waals surface area contributed by atoms with Crippen molar-refractivity contribution in [2.24, 2.45) is 0 Å². The molecule has 0 saturated heterocycles. The quantitative estimate of drug-likeness (QED) is 0.307. The number of methoxy groups -OCH3 is 2. The van der Waals surface area contributed by atoms with Gasteiger partial charge in [0.25, 0.3) is 0 Å². The second-order valence-corrected chi connectivity index (χ2v) is 8.10. The molecule has 0 unspecified atom stereocenters. The highest BCUT2D eigenvalue weighted by molar-refractivity contribution is 9.11. The maximum absolute atomic E-state index is 5.62. The summed E-state index contributed by atoms with van der Waals surface area (Å²) in [5.74, 6) is 1.48. The molecule has 0 heterocycles. The number of benzene rings is 2. The lowest BCUT2D eigenvalue weighted by molar-refractivity contribution is 0.409. The molecule has 0 radical (unpaired) electrons. The van der Waals surface area contributed by atoms with Gasteiger partial charge in [0.15, 0.2) is 0 Å². The fraction of sp³-hybridized carbons (Fsp3) is 0.133. The van der Waals surface area contributed by atoms with Gasteiger partial charge in [-0.25, -0.2) is 0 Å². The molecule has 0 amide bonds. The third-order valence-corrected chi connectivity index (χ3v) is 5.76. The number of ether oxygens (including phenoxy) is 2. The first-order chi connectivity index (χ1) is 10.4. The first kappa shape index (κ1) is 18.4. The van der Waals surface area contributed by atoms with Crippen LogP contribution in [0.25, 0.3) is 0 Å². The van der Waals surface area contributed by atoms with Crippen molar-refractivity contribution in [1.82, 2.24) is 0 Å². The minimum absolute atomic E-state index is 0.730. The van der Waals surface area contributed by atoms with Gasteiger partial charge in [-0.15, -0.1) is 0 Å². The van der Waals surface area contributed by atoms with Crippen molar-refractivity contribution < 1.29 is 9.47 Å². The lowest BCUT2D eigenvalue weighted by Crippen LogP contribution is -2.02. The summed E-state index contributed by atoms with van der Waals surface area (Å²) in [5.41, 5.74) is 1.83. The Hall–Kier alpha value is 0.0500. The Labute approximate surface area is 168 Å². The third kappa shape index (κ3) is 3.75. The van der Waals surface area contributed by atoms with Gasteiger partial charge in [-0.05, 0) is 99.1 Å². The minimum Gasteiger partial charge on any atom is -0.494 e. The predicted octanol–water partition coefficient (Wildman–Crippen LogP) is 6.52. The minimum atomic E-state index is 0.730. The van der Waals surface area contributed by atoms with Gasteiger partial charge < -0.3 is 9.47 Å². The Morgan fingerprint density at radius 2 is 1.00 bits per heavy atom. The zero-order valence-corrected chi connectivity index (χ0v) is 18.7. The lowest BCUT2D eigenvalue weighted by Gasteiger charge is -2.12. The smallest absolute Gasteiger partial charge is 0.147 e. The summed E-state index contributed by atoms with van der Waals surface area (Å²) < 4.78 is 14.0. The van der Waals surface area contributed by atoms with Gasteiger partial charge in [0.2, 0.25) is 0 Å². The highest BCUT2D eigenvalue weighted by Gasteiger charge is 2.15. The molecule has 0 N–H and O–H groups in total. The van der Waals surface area contributed by atoms with Crippen molar-refractivity contribution in [2.45, 2.75) is 0 Å². The number of rotatable bonds is 4. The van der Waals surface area contributed by atoms with Crippen LogP contribution in [0, 0.1) is 0 Å². The zero-order valence-electron chi connectivity index (χ0n) is 11.5. The van der Waals surface area contributed by atoms with E-state index in [-0.39, 0.29) is 0 Å². The van der Waals surface area contributed by atoms with Crippen molar-refractivity contribution in [3.8, 4) is 11.5 Å². The molecule has 0 fully saturated rings. The Morgan fingerprint density at radius 3 is 1.23 bits per heavy atom.